The lowest BCUT2D eigenvalue weighted by Gasteiger charge is -2.06. The zero-order valence-electron chi connectivity index (χ0n) is 9.40. The largest absolute Gasteiger partial charge is 0.261 e. The fourth-order valence-corrected chi connectivity index (χ4v) is 2.09. The van der Waals surface area contributed by atoms with Crippen LogP contribution in [0.4, 0.5) is 0 Å². The van der Waals surface area contributed by atoms with Crippen molar-refractivity contribution in [3.8, 4) is 0 Å². The highest BCUT2D eigenvalue weighted by Crippen LogP contribution is 2.05. The number of rotatable bonds is 4. The van der Waals surface area contributed by atoms with Crippen molar-refractivity contribution >= 4 is 9.84 Å². The number of sulfone groups is 1. The molecule has 1 aromatic heterocycles. The van der Waals surface area contributed by atoms with E-state index in [1.807, 2.05) is 19.1 Å². The van der Waals surface area contributed by atoms with Gasteiger partial charge in [0.15, 0.2) is 9.84 Å². The third-order valence-electron chi connectivity index (χ3n) is 2.33. The first-order valence-electron chi connectivity index (χ1n) is 5.05. The van der Waals surface area contributed by atoms with Gasteiger partial charge in [0, 0.05) is 18.3 Å². The summed E-state index contributed by atoms with van der Waals surface area (Å²) in [4.78, 5) is 4.18. The zero-order chi connectivity index (χ0) is 11.5. The summed E-state index contributed by atoms with van der Waals surface area (Å²) in [5, 5.41) is -0.303. The molecule has 1 aromatic rings. The normalized spacial score (nSPS) is 12.0. The molecular formula is C11H17NO2S. The van der Waals surface area contributed by atoms with E-state index >= 15 is 0 Å². The molecule has 0 fully saturated rings. The lowest BCUT2D eigenvalue weighted by molar-refractivity contribution is 0.586. The molecule has 0 aliphatic rings. The van der Waals surface area contributed by atoms with Crippen molar-refractivity contribution < 1.29 is 8.42 Å². The third-order valence-corrected chi connectivity index (χ3v) is 4.54. The van der Waals surface area contributed by atoms with E-state index in [1.54, 1.807) is 20.0 Å². The van der Waals surface area contributed by atoms with Crippen LogP contribution in [-0.2, 0) is 16.3 Å². The molecule has 84 valence electrons. The molecule has 0 spiro atoms. The number of hydrogen-bond acceptors (Lipinski definition) is 3. The average molecular weight is 227 g/mol. The quantitative estimate of drug-likeness (QED) is 0.787. The molecule has 3 nitrogen and oxygen atoms in total. The Labute approximate surface area is 91.5 Å². The molecule has 4 heteroatoms. The van der Waals surface area contributed by atoms with Crippen LogP contribution < -0.4 is 0 Å². The minimum absolute atomic E-state index is 0.181. The van der Waals surface area contributed by atoms with Crippen LogP contribution in [0.25, 0.3) is 0 Å². The van der Waals surface area contributed by atoms with Gasteiger partial charge in [-0.15, -0.1) is 0 Å². The van der Waals surface area contributed by atoms with Crippen LogP contribution in [0.5, 0.6) is 0 Å². The average Bonchev–Trinajstić information content (AvgIpc) is 2.17. The number of nitrogens with zero attached hydrogens (tertiary/aromatic N) is 1. The van der Waals surface area contributed by atoms with Crippen molar-refractivity contribution in [1.29, 1.82) is 0 Å². The fraction of sp³-hybridized carbons (Fsp3) is 0.545. The molecule has 0 amide bonds. The summed E-state index contributed by atoms with van der Waals surface area (Å²) in [6.45, 7) is 5.37. The molecule has 0 unspecified atom stereocenters. The van der Waals surface area contributed by atoms with Gasteiger partial charge in [0.05, 0.1) is 11.0 Å². The fourth-order valence-electron chi connectivity index (χ4n) is 1.13. The Morgan fingerprint density at radius 1 is 1.33 bits per heavy atom. The zero-order valence-corrected chi connectivity index (χ0v) is 10.2. The maximum atomic E-state index is 11.5. The van der Waals surface area contributed by atoms with Gasteiger partial charge in [-0.2, -0.15) is 0 Å². The van der Waals surface area contributed by atoms with Crippen LogP contribution in [0, 0.1) is 6.92 Å². The van der Waals surface area contributed by atoms with Crippen LogP contribution in [0.2, 0.25) is 0 Å². The van der Waals surface area contributed by atoms with E-state index in [1.165, 1.54) is 0 Å². The van der Waals surface area contributed by atoms with Gasteiger partial charge in [0.2, 0.25) is 0 Å². The maximum absolute atomic E-state index is 11.5. The molecule has 15 heavy (non-hydrogen) atoms. The number of aromatic nitrogens is 1. The number of hydrogen-bond donors (Lipinski definition) is 0. The Morgan fingerprint density at radius 3 is 2.47 bits per heavy atom. The predicted octanol–water partition coefficient (Wildman–Crippen LogP) is 1.76. The predicted molar refractivity (Wildman–Crippen MR) is 61.6 cm³/mol. The number of pyridine rings is 1. The molecule has 0 atom stereocenters. The summed E-state index contributed by atoms with van der Waals surface area (Å²) in [5.41, 5.74) is 1.93. The second kappa shape index (κ2) is 4.75. The SMILES string of the molecule is Cc1ccc(CCS(=O)(=O)C(C)C)nc1. The molecule has 0 N–H and O–H groups in total. The first kappa shape index (κ1) is 12.2. The second-order valence-corrected chi connectivity index (χ2v) is 6.67. The smallest absolute Gasteiger partial charge is 0.153 e. The summed E-state index contributed by atoms with van der Waals surface area (Å²) in [7, 11) is -2.95. The monoisotopic (exact) mass is 227 g/mol. The maximum Gasteiger partial charge on any atom is 0.153 e. The van der Waals surface area contributed by atoms with E-state index in [2.05, 4.69) is 4.98 Å². The van der Waals surface area contributed by atoms with Crippen LogP contribution in [0.15, 0.2) is 18.3 Å². The lowest BCUT2D eigenvalue weighted by Crippen LogP contribution is -2.19. The van der Waals surface area contributed by atoms with Crippen LogP contribution in [0.1, 0.15) is 25.1 Å². The molecule has 0 aliphatic carbocycles. The molecule has 0 saturated carbocycles. The van der Waals surface area contributed by atoms with Crippen LogP contribution in [-0.4, -0.2) is 24.4 Å². The first-order valence-corrected chi connectivity index (χ1v) is 6.76. The molecular weight excluding hydrogens is 210 g/mol. The summed E-state index contributed by atoms with van der Waals surface area (Å²) < 4.78 is 23.1. The van der Waals surface area contributed by atoms with Gasteiger partial charge in [0.25, 0.3) is 0 Å². The van der Waals surface area contributed by atoms with Crippen molar-refractivity contribution in [2.45, 2.75) is 32.4 Å². The Hall–Kier alpha value is -0.900. The highest BCUT2D eigenvalue weighted by molar-refractivity contribution is 7.91. The van der Waals surface area contributed by atoms with Crippen molar-refractivity contribution in [2.24, 2.45) is 0 Å². The van der Waals surface area contributed by atoms with Crippen molar-refractivity contribution in [3.63, 3.8) is 0 Å². The molecule has 0 aliphatic heterocycles. The van der Waals surface area contributed by atoms with Gasteiger partial charge < -0.3 is 0 Å². The second-order valence-electron chi connectivity index (χ2n) is 3.99. The van der Waals surface area contributed by atoms with Gasteiger partial charge in [-0.05, 0) is 32.4 Å². The highest BCUT2D eigenvalue weighted by atomic mass is 32.2. The minimum Gasteiger partial charge on any atom is -0.261 e. The van der Waals surface area contributed by atoms with E-state index < -0.39 is 9.84 Å². The van der Waals surface area contributed by atoms with Gasteiger partial charge in [-0.3, -0.25) is 4.98 Å². The van der Waals surface area contributed by atoms with Crippen LogP contribution in [0.3, 0.4) is 0 Å². The van der Waals surface area contributed by atoms with Crippen LogP contribution >= 0.6 is 0 Å². The minimum atomic E-state index is -2.95. The van der Waals surface area contributed by atoms with E-state index in [9.17, 15) is 8.42 Å². The van der Waals surface area contributed by atoms with Gasteiger partial charge in [0.1, 0.15) is 0 Å². The van der Waals surface area contributed by atoms with Crippen molar-refractivity contribution in [3.05, 3.63) is 29.6 Å². The van der Waals surface area contributed by atoms with Gasteiger partial charge in [-0.1, -0.05) is 6.07 Å². The summed E-state index contributed by atoms with van der Waals surface area (Å²) in [6, 6.07) is 3.83. The molecule has 0 radical (unpaired) electrons. The van der Waals surface area contributed by atoms with E-state index in [4.69, 9.17) is 0 Å². The lowest BCUT2D eigenvalue weighted by atomic mass is 10.2. The molecule has 0 bridgehead atoms. The van der Waals surface area contributed by atoms with E-state index in [0.29, 0.717) is 6.42 Å². The van der Waals surface area contributed by atoms with E-state index in [-0.39, 0.29) is 11.0 Å². The van der Waals surface area contributed by atoms with E-state index in [0.717, 1.165) is 11.3 Å². The summed E-state index contributed by atoms with van der Waals surface area (Å²) in [6.07, 6.45) is 2.26. The Balaban J connectivity index is 2.62. The molecule has 1 rings (SSSR count). The number of aryl methyl sites for hydroxylation is 2. The summed E-state index contributed by atoms with van der Waals surface area (Å²) >= 11 is 0. The topological polar surface area (TPSA) is 47.0 Å². The Bertz CT molecular complexity index is 407. The first-order chi connectivity index (χ1) is 6.92. The van der Waals surface area contributed by atoms with Gasteiger partial charge in [-0.25, -0.2) is 8.42 Å². The standard InChI is InChI=1S/C11H17NO2S/c1-9(2)15(13,14)7-6-11-5-4-10(3)8-12-11/h4-5,8-9H,6-7H2,1-3H3. The van der Waals surface area contributed by atoms with Crippen molar-refractivity contribution in [2.75, 3.05) is 5.75 Å². The molecule has 1 heterocycles. The van der Waals surface area contributed by atoms with Gasteiger partial charge >= 0.3 is 0 Å². The molecule has 0 aromatic carbocycles. The Kier molecular flexibility index (Phi) is 3.85. The highest BCUT2D eigenvalue weighted by Gasteiger charge is 2.15. The summed E-state index contributed by atoms with van der Waals surface area (Å²) in [5.74, 6) is 0.181. The third kappa shape index (κ3) is 3.63. The Morgan fingerprint density at radius 2 is 2.00 bits per heavy atom. The van der Waals surface area contributed by atoms with Crippen molar-refractivity contribution in [1.82, 2.24) is 4.98 Å². The molecule has 0 saturated heterocycles.